The molecule has 0 radical (unpaired) electrons. The number of nitrogens with one attached hydrogen (secondary N) is 1. The first-order valence-corrected chi connectivity index (χ1v) is 12.9. The van der Waals surface area contributed by atoms with E-state index in [0.29, 0.717) is 43.9 Å². The number of carbonyl (C=O) groups is 1. The van der Waals surface area contributed by atoms with E-state index in [2.05, 4.69) is 16.5 Å². The molecule has 0 bridgehead atoms. The van der Waals surface area contributed by atoms with Gasteiger partial charge in [0.2, 0.25) is 15.9 Å². The van der Waals surface area contributed by atoms with Crippen LogP contribution in [0.3, 0.4) is 0 Å². The predicted octanol–water partition coefficient (Wildman–Crippen LogP) is 3.36. The number of rotatable bonds is 9. The van der Waals surface area contributed by atoms with Crippen molar-refractivity contribution in [1.82, 2.24) is 19.4 Å². The molecule has 8 heteroatoms. The molecule has 0 unspecified atom stereocenters. The summed E-state index contributed by atoms with van der Waals surface area (Å²) in [4.78, 5) is 12.7. The number of sulfonamides is 1. The second-order valence-corrected chi connectivity index (χ2v) is 10.3. The average Bonchev–Trinajstić information content (AvgIpc) is 3.35. The fraction of sp³-hybridized carbons (Fsp3) is 0.360. The number of aromatic nitrogens is 2. The van der Waals surface area contributed by atoms with E-state index in [1.54, 1.807) is 22.6 Å². The van der Waals surface area contributed by atoms with Crippen LogP contribution in [0.4, 0.5) is 0 Å². The Morgan fingerprint density at radius 1 is 0.939 bits per heavy atom. The highest BCUT2D eigenvalue weighted by molar-refractivity contribution is 7.89. The lowest BCUT2D eigenvalue weighted by Crippen LogP contribution is -2.35. The normalized spacial score (nSPS) is 14.8. The highest BCUT2D eigenvalue weighted by atomic mass is 32.2. The van der Waals surface area contributed by atoms with Gasteiger partial charge in [-0.15, -0.1) is 0 Å². The average molecular weight is 467 g/mol. The van der Waals surface area contributed by atoms with Crippen LogP contribution in [-0.4, -0.2) is 41.5 Å². The smallest absolute Gasteiger partial charge is 0.243 e. The van der Waals surface area contributed by atoms with E-state index in [9.17, 15) is 13.2 Å². The van der Waals surface area contributed by atoms with Gasteiger partial charge in [-0.1, -0.05) is 42.8 Å². The highest BCUT2D eigenvalue weighted by Crippen LogP contribution is 2.21. The van der Waals surface area contributed by atoms with Crippen molar-refractivity contribution in [2.75, 3.05) is 13.1 Å². The summed E-state index contributed by atoms with van der Waals surface area (Å²) in [5.41, 5.74) is 3.12. The quantitative estimate of drug-likeness (QED) is 0.524. The van der Waals surface area contributed by atoms with Gasteiger partial charge in [-0.25, -0.2) is 8.42 Å². The maximum Gasteiger partial charge on any atom is 0.243 e. The van der Waals surface area contributed by atoms with Crippen molar-refractivity contribution in [3.05, 3.63) is 83.7 Å². The maximum atomic E-state index is 12.8. The number of piperidine rings is 1. The first-order chi connectivity index (χ1) is 16.0. The number of nitrogens with zero attached hydrogens (tertiary/aromatic N) is 3. The van der Waals surface area contributed by atoms with Gasteiger partial charge < -0.3 is 5.32 Å². The van der Waals surface area contributed by atoms with Crippen LogP contribution < -0.4 is 5.32 Å². The van der Waals surface area contributed by atoms with Crippen LogP contribution in [0, 0.1) is 0 Å². The molecule has 1 aromatic heterocycles. The number of carbonyl (C=O) groups excluding carboxylic acids is 1. The van der Waals surface area contributed by atoms with Crippen molar-refractivity contribution < 1.29 is 13.2 Å². The first kappa shape index (κ1) is 23.2. The largest absolute Gasteiger partial charge is 0.352 e. The molecule has 2 heterocycles. The van der Waals surface area contributed by atoms with Gasteiger partial charge in [-0.05, 0) is 54.2 Å². The minimum absolute atomic E-state index is 0.0301. The van der Waals surface area contributed by atoms with Crippen molar-refractivity contribution >= 4 is 15.9 Å². The molecule has 1 N–H and O–H groups in total. The summed E-state index contributed by atoms with van der Waals surface area (Å²) < 4.78 is 28.9. The van der Waals surface area contributed by atoms with Gasteiger partial charge in [0.15, 0.2) is 0 Å². The molecule has 0 atom stereocenters. The minimum atomic E-state index is -3.42. The second-order valence-electron chi connectivity index (χ2n) is 8.41. The van der Waals surface area contributed by atoms with Gasteiger partial charge in [0.25, 0.3) is 0 Å². The maximum absolute atomic E-state index is 12.8. The molecule has 1 saturated heterocycles. The Balaban J connectivity index is 1.25. The highest BCUT2D eigenvalue weighted by Gasteiger charge is 2.25. The third-order valence-corrected chi connectivity index (χ3v) is 7.81. The van der Waals surface area contributed by atoms with Crippen LogP contribution in [0.5, 0.6) is 0 Å². The molecule has 1 aliphatic heterocycles. The molecular weight excluding hydrogens is 436 g/mol. The summed E-state index contributed by atoms with van der Waals surface area (Å²) in [6, 6.07) is 16.9. The Morgan fingerprint density at radius 3 is 2.42 bits per heavy atom. The van der Waals surface area contributed by atoms with Gasteiger partial charge in [-0.3, -0.25) is 9.48 Å². The molecule has 1 amide bonds. The number of hydrogen-bond donors (Lipinski definition) is 1. The Morgan fingerprint density at radius 2 is 1.70 bits per heavy atom. The Labute approximate surface area is 195 Å². The number of aryl methyl sites for hydroxylation is 1. The molecule has 4 rings (SSSR count). The first-order valence-electron chi connectivity index (χ1n) is 11.4. The monoisotopic (exact) mass is 466 g/mol. The zero-order valence-corrected chi connectivity index (χ0v) is 19.5. The molecule has 1 fully saturated rings. The van der Waals surface area contributed by atoms with Crippen molar-refractivity contribution in [2.45, 2.75) is 50.1 Å². The number of amides is 1. The van der Waals surface area contributed by atoms with Gasteiger partial charge in [0.05, 0.1) is 11.4 Å². The van der Waals surface area contributed by atoms with Crippen LogP contribution >= 0.6 is 0 Å². The van der Waals surface area contributed by atoms with Crippen LogP contribution in [0.1, 0.15) is 42.4 Å². The summed E-state index contributed by atoms with van der Waals surface area (Å²) in [5, 5.41) is 7.19. The molecule has 0 saturated carbocycles. The Kier molecular flexibility index (Phi) is 7.57. The summed E-state index contributed by atoms with van der Waals surface area (Å²) in [6.45, 7) is 2.35. The van der Waals surface area contributed by atoms with Crippen molar-refractivity contribution in [1.29, 1.82) is 0 Å². The van der Waals surface area contributed by atoms with Gasteiger partial charge in [0, 0.05) is 38.4 Å². The van der Waals surface area contributed by atoms with E-state index in [-0.39, 0.29) is 5.91 Å². The van der Waals surface area contributed by atoms with E-state index < -0.39 is 10.0 Å². The molecule has 7 nitrogen and oxygen atoms in total. The molecular formula is C25H30N4O3S. The summed E-state index contributed by atoms with van der Waals surface area (Å²) in [5.74, 6) is -0.0301. The lowest BCUT2D eigenvalue weighted by molar-refractivity contribution is -0.121. The molecule has 1 aliphatic rings. The van der Waals surface area contributed by atoms with E-state index >= 15 is 0 Å². The summed E-state index contributed by atoms with van der Waals surface area (Å²) in [7, 11) is -3.42. The zero-order chi connectivity index (χ0) is 23.1. The van der Waals surface area contributed by atoms with E-state index in [0.717, 1.165) is 36.0 Å². The fourth-order valence-corrected chi connectivity index (χ4v) is 5.57. The second kappa shape index (κ2) is 10.8. The third kappa shape index (κ3) is 6.30. The molecule has 0 aliphatic carbocycles. The fourth-order valence-electron chi connectivity index (χ4n) is 4.05. The third-order valence-electron chi connectivity index (χ3n) is 5.90. The van der Waals surface area contributed by atoms with E-state index in [1.165, 1.54) is 0 Å². The molecule has 174 valence electrons. The zero-order valence-electron chi connectivity index (χ0n) is 18.7. The number of hydrogen-bond acceptors (Lipinski definition) is 4. The van der Waals surface area contributed by atoms with E-state index in [1.807, 2.05) is 47.3 Å². The number of benzene rings is 2. The van der Waals surface area contributed by atoms with Crippen molar-refractivity contribution in [2.24, 2.45) is 0 Å². The Bertz CT molecular complexity index is 1150. The summed E-state index contributed by atoms with van der Waals surface area (Å²) in [6.07, 6.45) is 7.52. The summed E-state index contributed by atoms with van der Waals surface area (Å²) >= 11 is 0. The van der Waals surface area contributed by atoms with Crippen LogP contribution in [-0.2, 0) is 34.3 Å². The standard InChI is InChI=1S/C25H30N4O3S/c30-25(26-19-22-6-4-7-23(18-22)20-28-15-5-14-27-28)13-10-21-8-11-24(12-9-21)33(31,32)29-16-2-1-3-17-29/h4-9,11-12,14-15,18H,1-3,10,13,16-17,19-20H2,(H,26,30). The molecule has 0 spiro atoms. The predicted molar refractivity (Wildman–Crippen MR) is 127 cm³/mol. The SMILES string of the molecule is O=C(CCc1ccc(S(=O)(=O)N2CCCCC2)cc1)NCc1cccc(Cn2cccn2)c1. The van der Waals surface area contributed by atoms with Gasteiger partial charge in [-0.2, -0.15) is 9.40 Å². The minimum Gasteiger partial charge on any atom is -0.352 e. The lowest BCUT2D eigenvalue weighted by atomic mass is 10.1. The van der Waals surface area contributed by atoms with Crippen LogP contribution in [0.25, 0.3) is 0 Å². The van der Waals surface area contributed by atoms with Crippen molar-refractivity contribution in [3.8, 4) is 0 Å². The molecule has 3 aromatic rings. The van der Waals surface area contributed by atoms with Crippen molar-refractivity contribution in [3.63, 3.8) is 0 Å². The Hall–Kier alpha value is -2.97. The molecule has 2 aromatic carbocycles. The lowest BCUT2D eigenvalue weighted by Gasteiger charge is -2.25. The van der Waals surface area contributed by atoms with Gasteiger partial charge in [0.1, 0.15) is 0 Å². The van der Waals surface area contributed by atoms with Crippen LogP contribution in [0.2, 0.25) is 0 Å². The topological polar surface area (TPSA) is 84.3 Å². The van der Waals surface area contributed by atoms with Crippen LogP contribution in [0.15, 0.2) is 71.9 Å². The van der Waals surface area contributed by atoms with Gasteiger partial charge >= 0.3 is 0 Å². The van der Waals surface area contributed by atoms with E-state index in [4.69, 9.17) is 0 Å². The molecule has 33 heavy (non-hydrogen) atoms.